The first kappa shape index (κ1) is 17.3. The van der Waals surface area contributed by atoms with Gasteiger partial charge in [0.2, 0.25) is 0 Å². The molecule has 0 aliphatic heterocycles. The van der Waals surface area contributed by atoms with Crippen LogP contribution in [0.2, 0.25) is 0 Å². The van der Waals surface area contributed by atoms with Crippen molar-refractivity contribution in [2.75, 3.05) is 0 Å². The molecule has 0 aromatic heterocycles. The van der Waals surface area contributed by atoms with Gasteiger partial charge in [-0.2, -0.15) is 0 Å². The van der Waals surface area contributed by atoms with E-state index in [9.17, 15) is 9.59 Å². The normalized spacial score (nSPS) is 14.0. The Morgan fingerprint density at radius 1 is 0.812 bits per heavy atom. The Hall–Kier alpha value is -1.14. The number of hydrogen-bond donors (Lipinski definition) is 4. The molecule has 0 saturated heterocycles. The molecule has 0 fully saturated rings. The molecule has 0 aliphatic rings. The number of hydrogen-bond acceptors (Lipinski definition) is 4. The maximum atomic E-state index is 10.0. The van der Waals surface area contributed by atoms with Crippen LogP contribution in [0.5, 0.6) is 0 Å². The average molecular weight is 234 g/mol. The molecule has 96 valence electrons. The van der Waals surface area contributed by atoms with Crippen LogP contribution >= 0.6 is 0 Å². The average Bonchev–Trinajstić information content (AvgIpc) is 2.15. The minimum Gasteiger partial charge on any atom is -0.480 e. The van der Waals surface area contributed by atoms with Gasteiger partial charge in [-0.05, 0) is 11.8 Å². The quantitative estimate of drug-likeness (QED) is 0.546. The van der Waals surface area contributed by atoms with E-state index in [-0.39, 0.29) is 11.8 Å². The fraction of sp³-hybridized carbons (Fsp3) is 0.800. The SMILES string of the molecule is CC(C)C(N)C(=O)O.CC(C)[C@@H](N)C(=O)O. The third-order valence-corrected chi connectivity index (χ3v) is 2.01. The van der Waals surface area contributed by atoms with Gasteiger partial charge in [0, 0.05) is 0 Å². The van der Waals surface area contributed by atoms with Crippen molar-refractivity contribution in [3.05, 3.63) is 0 Å². The van der Waals surface area contributed by atoms with Gasteiger partial charge in [-0.25, -0.2) is 0 Å². The molecule has 0 aliphatic carbocycles. The summed E-state index contributed by atoms with van der Waals surface area (Å²) < 4.78 is 0. The van der Waals surface area contributed by atoms with E-state index in [4.69, 9.17) is 21.7 Å². The van der Waals surface area contributed by atoms with Crippen LogP contribution in [0, 0.1) is 11.8 Å². The molecular weight excluding hydrogens is 212 g/mol. The second-order valence-corrected chi connectivity index (χ2v) is 4.22. The Kier molecular flexibility index (Phi) is 8.70. The first-order chi connectivity index (χ1) is 7.11. The predicted octanol–water partition coefficient (Wildman–Crippen LogP) is 0.109. The van der Waals surface area contributed by atoms with E-state index in [2.05, 4.69) is 0 Å². The number of nitrogens with two attached hydrogens (primary N) is 2. The van der Waals surface area contributed by atoms with Gasteiger partial charge in [0.05, 0.1) is 0 Å². The van der Waals surface area contributed by atoms with E-state index in [1.807, 2.05) is 0 Å². The zero-order valence-corrected chi connectivity index (χ0v) is 10.2. The van der Waals surface area contributed by atoms with E-state index in [1.165, 1.54) is 0 Å². The van der Waals surface area contributed by atoms with Gasteiger partial charge < -0.3 is 21.7 Å². The van der Waals surface area contributed by atoms with Crippen molar-refractivity contribution in [1.29, 1.82) is 0 Å². The second-order valence-electron chi connectivity index (χ2n) is 4.22. The Morgan fingerprint density at radius 3 is 1.00 bits per heavy atom. The second kappa shape index (κ2) is 8.06. The predicted molar refractivity (Wildman–Crippen MR) is 60.9 cm³/mol. The summed E-state index contributed by atoms with van der Waals surface area (Å²) in [5.74, 6) is -1.82. The number of aliphatic carboxylic acids is 2. The van der Waals surface area contributed by atoms with Gasteiger partial charge in [-0.15, -0.1) is 0 Å². The number of carboxylic acid groups (broad SMARTS) is 2. The smallest absolute Gasteiger partial charge is 0.320 e. The molecular formula is C10H22N2O4. The van der Waals surface area contributed by atoms with Gasteiger partial charge >= 0.3 is 11.9 Å². The molecule has 0 radical (unpaired) electrons. The molecule has 0 aromatic rings. The Labute approximate surface area is 95.6 Å². The summed E-state index contributed by atoms with van der Waals surface area (Å²) in [6, 6.07) is -1.43. The van der Waals surface area contributed by atoms with Crippen LogP contribution in [0.4, 0.5) is 0 Å². The Bertz CT molecular complexity index is 205. The van der Waals surface area contributed by atoms with Crippen molar-refractivity contribution in [3.8, 4) is 0 Å². The third kappa shape index (κ3) is 8.19. The van der Waals surface area contributed by atoms with Crippen molar-refractivity contribution < 1.29 is 19.8 Å². The maximum Gasteiger partial charge on any atom is 0.320 e. The molecule has 0 saturated carbocycles. The molecule has 6 heteroatoms. The lowest BCUT2D eigenvalue weighted by Gasteiger charge is -2.07. The highest BCUT2D eigenvalue weighted by Gasteiger charge is 2.14. The van der Waals surface area contributed by atoms with E-state index >= 15 is 0 Å². The van der Waals surface area contributed by atoms with Gasteiger partial charge in [0.15, 0.2) is 0 Å². The highest BCUT2D eigenvalue weighted by atomic mass is 16.4. The van der Waals surface area contributed by atoms with Crippen LogP contribution in [-0.4, -0.2) is 34.2 Å². The van der Waals surface area contributed by atoms with Crippen molar-refractivity contribution in [1.82, 2.24) is 0 Å². The molecule has 0 amide bonds. The summed E-state index contributed by atoms with van der Waals surface area (Å²) in [7, 11) is 0. The highest BCUT2D eigenvalue weighted by molar-refractivity contribution is 5.73. The van der Waals surface area contributed by atoms with E-state index in [0.29, 0.717) is 0 Å². The monoisotopic (exact) mass is 234 g/mol. The number of rotatable bonds is 4. The summed E-state index contributed by atoms with van der Waals surface area (Å²) in [4.78, 5) is 20.0. The van der Waals surface area contributed by atoms with Crippen LogP contribution in [0.25, 0.3) is 0 Å². The molecule has 1 unspecified atom stereocenters. The lowest BCUT2D eigenvalue weighted by Crippen LogP contribution is -2.34. The Morgan fingerprint density at radius 2 is 1.00 bits per heavy atom. The first-order valence-electron chi connectivity index (χ1n) is 5.08. The van der Waals surface area contributed by atoms with Gasteiger partial charge in [-0.3, -0.25) is 9.59 Å². The van der Waals surface area contributed by atoms with E-state index in [1.54, 1.807) is 27.7 Å². The Balaban J connectivity index is 0. The van der Waals surface area contributed by atoms with Gasteiger partial charge in [0.1, 0.15) is 12.1 Å². The van der Waals surface area contributed by atoms with Crippen LogP contribution in [0.3, 0.4) is 0 Å². The molecule has 0 heterocycles. The molecule has 2 atom stereocenters. The van der Waals surface area contributed by atoms with E-state index < -0.39 is 24.0 Å². The number of carboxylic acids is 2. The fourth-order valence-corrected chi connectivity index (χ4v) is 0.570. The maximum absolute atomic E-state index is 10.0. The minimum atomic E-state index is -0.931. The molecule has 0 aromatic carbocycles. The lowest BCUT2D eigenvalue weighted by atomic mass is 10.1. The first-order valence-corrected chi connectivity index (χ1v) is 5.08. The summed E-state index contributed by atoms with van der Waals surface area (Å²) in [5.41, 5.74) is 10.3. The fourth-order valence-electron chi connectivity index (χ4n) is 0.570. The van der Waals surface area contributed by atoms with Gasteiger partial charge in [-0.1, -0.05) is 27.7 Å². The summed E-state index contributed by atoms with van der Waals surface area (Å²) in [6.07, 6.45) is 0. The van der Waals surface area contributed by atoms with Crippen LogP contribution in [0.1, 0.15) is 27.7 Å². The zero-order chi connectivity index (χ0) is 13.5. The number of carbonyl (C=O) groups is 2. The van der Waals surface area contributed by atoms with Crippen molar-refractivity contribution in [2.45, 2.75) is 39.8 Å². The molecule has 0 bridgehead atoms. The summed E-state index contributed by atoms with van der Waals surface area (Å²) >= 11 is 0. The van der Waals surface area contributed by atoms with Crippen molar-refractivity contribution in [2.24, 2.45) is 23.3 Å². The van der Waals surface area contributed by atoms with Crippen molar-refractivity contribution >= 4 is 11.9 Å². The summed E-state index contributed by atoms with van der Waals surface area (Å²) in [6.45, 7) is 7.11. The molecule has 16 heavy (non-hydrogen) atoms. The van der Waals surface area contributed by atoms with Crippen LogP contribution in [0.15, 0.2) is 0 Å². The molecule has 0 rings (SSSR count). The molecule has 0 spiro atoms. The standard InChI is InChI=1S/2C5H11NO2/c2*1-3(2)4(6)5(7)8/h2*3-4H,6H2,1-2H3,(H,7,8)/t4-;/m1./s1. The molecule has 6 nitrogen and oxygen atoms in total. The van der Waals surface area contributed by atoms with Crippen LogP contribution < -0.4 is 11.5 Å². The highest BCUT2D eigenvalue weighted by Crippen LogP contribution is 1.96. The largest absolute Gasteiger partial charge is 0.480 e. The zero-order valence-electron chi connectivity index (χ0n) is 10.2. The lowest BCUT2D eigenvalue weighted by molar-refractivity contribution is -0.140. The van der Waals surface area contributed by atoms with Crippen LogP contribution in [-0.2, 0) is 9.59 Å². The molecule has 6 N–H and O–H groups in total. The minimum absolute atomic E-state index is 0.0208. The summed E-state index contributed by atoms with van der Waals surface area (Å²) in [5, 5.41) is 16.5. The van der Waals surface area contributed by atoms with Gasteiger partial charge in [0.25, 0.3) is 0 Å². The third-order valence-electron chi connectivity index (χ3n) is 2.01. The topological polar surface area (TPSA) is 127 Å². The van der Waals surface area contributed by atoms with Crippen molar-refractivity contribution in [3.63, 3.8) is 0 Å². The van der Waals surface area contributed by atoms with E-state index in [0.717, 1.165) is 0 Å².